The molecule has 2 heteroatoms. The summed E-state index contributed by atoms with van der Waals surface area (Å²) in [5.41, 5.74) is 0. The zero-order valence-corrected chi connectivity index (χ0v) is 12.3. The largest absolute Gasteiger partial charge is 0.108 e. The van der Waals surface area contributed by atoms with Crippen molar-refractivity contribution >= 4 is 23.5 Å². The van der Waals surface area contributed by atoms with E-state index in [0.717, 1.165) is 0 Å². The summed E-state index contributed by atoms with van der Waals surface area (Å²) in [6.07, 6.45) is 2.27. The quantitative estimate of drug-likeness (QED) is 0.520. The average molecular weight is 273 g/mol. The standard InChI is InChI=1S/C16H17S2/c1-3-16(2,17-14-10-6-4-7-11-14)18-15-12-8-5-9-13-15/h3-13H,1-2H3. The summed E-state index contributed by atoms with van der Waals surface area (Å²) in [7, 11) is 0. The zero-order valence-electron chi connectivity index (χ0n) is 10.7. The molecule has 0 bridgehead atoms. The highest BCUT2D eigenvalue weighted by Crippen LogP contribution is 2.46. The molecule has 0 aliphatic heterocycles. The van der Waals surface area contributed by atoms with Crippen LogP contribution in [0.3, 0.4) is 0 Å². The molecule has 0 N–H and O–H groups in total. The summed E-state index contributed by atoms with van der Waals surface area (Å²) in [5.74, 6) is 0. The minimum atomic E-state index is 0.0582. The molecule has 0 nitrogen and oxygen atoms in total. The van der Waals surface area contributed by atoms with Gasteiger partial charge < -0.3 is 0 Å². The van der Waals surface area contributed by atoms with Crippen molar-refractivity contribution in [3.8, 4) is 0 Å². The van der Waals surface area contributed by atoms with Gasteiger partial charge in [0.25, 0.3) is 0 Å². The monoisotopic (exact) mass is 273 g/mol. The van der Waals surface area contributed by atoms with Crippen molar-refractivity contribution in [2.24, 2.45) is 0 Å². The first kappa shape index (κ1) is 13.6. The van der Waals surface area contributed by atoms with Crippen molar-refractivity contribution in [2.75, 3.05) is 0 Å². The van der Waals surface area contributed by atoms with E-state index in [1.807, 2.05) is 23.5 Å². The van der Waals surface area contributed by atoms with Gasteiger partial charge in [0, 0.05) is 9.79 Å². The van der Waals surface area contributed by atoms with Crippen LogP contribution in [-0.2, 0) is 0 Å². The third-order valence-electron chi connectivity index (χ3n) is 2.65. The highest BCUT2D eigenvalue weighted by molar-refractivity contribution is 8.18. The van der Waals surface area contributed by atoms with Gasteiger partial charge in [-0.3, -0.25) is 0 Å². The summed E-state index contributed by atoms with van der Waals surface area (Å²) in [5, 5.41) is 0. The molecule has 0 saturated carbocycles. The Morgan fingerprint density at radius 1 is 0.778 bits per heavy atom. The lowest BCUT2D eigenvalue weighted by molar-refractivity contribution is 1.03. The lowest BCUT2D eigenvalue weighted by Gasteiger charge is -2.26. The minimum absolute atomic E-state index is 0.0582. The summed E-state index contributed by atoms with van der Waals surface area (Å²) in [6.45, 7) is 4.40. The summed E-state index contributed by atoms with van der Waals surface area (Å²) in [6, 6.07) is 21.1. The molecule has 0 amide bonds. The van der Waals surface area contributed by atoms with Crippen molar-refractivity contribution in [3.63, 3.8) is 0 Å². The van der Waals surface area contributed by atoms with Crippen LogP contribution in [0.1, 0.15) is 13.8 Å². The first-order valence-corrected chi connectivity index (χ1v) is 7.64. The Morgan fingerprint density at radius 3 is 1.50 bits per heavy atom. The van der Waals surface area contributed by atoms with Crippen molar-refractivity contribution in [1.29, 1.82) is 0 Å². The van der Waals surface area contributed by atoms with Gasteiger partial charge in [0.1, 0.15) is 0 Å². The predicted octanol–water partition coefficient (Wildman–Crippen LogP) is 5.51. The van der Waals surface area contributed by atoms with E-state index in [1.165, 1.54) is 9.79 Å². The van der Waals surface area contributed by atoms with Gasteiger partial charge in [0.15, 0.2) is 0 Å². The van der Waals surface area contributed by atoms with E-state index < -0.39 is 0 Å². The van der Waals surface area contributed by atoms with E-state index in [2.05, 4.69) is 80.9 Å². The maximum atomic E-state index is 2.27. The van der Waals surface area contributed by atoms with Crippen LogP contribution in [0, 0.1) is 6.42 Å². The molecule has 0 unspecified atom stereocenters. The molecule has 0 aromatic heterocycles. The Hall–Kier alpha value is -0.860. The molecule has 0 spiro atoms. The highest BCUT2D eigenvalue weighted by atomic mass is 32.2. The molecule has 2 aromatic carbocycles. The fraction of sp³-hybridized carbons (Fsp3) is 0.188. The summed E-state index contributed by atoms with van der Waals surface area (Å²) < 4.78 is 0.0582. The van der Waals surface area contributed by atoms with E-state index in [-0.39, 0.29) is 4.08 Å². The third-order valence-corrected chi connectivity index (χ3v) is 5.45. The molecule has 93 valence electrons. The van der Waals surface area contributed by atoms with Gasteiger partial charge in [0.05, 0.1) is 4.08 Å². The molecular formula is C16H17S2. The van der Waals surface area contributed by atoms with Crippen molar-refractivity contribution in [1.82, 2.24) is 0 Å². The number of hydrogen-bond donors (Lipinski definition) is 0. The normalized spacial score (nSPS) is 11.4. The fourth-order valence-corrected chi connectivity index (χ4v) is 4.09. The van der Waals surface area contributed by atoms with Gasteiger partial charge in [-0.25, -0.2) is 0 Å². The Bertz CT molecular complexity index is 423. The Labute approximate surface area is 118 Å². The number of benzene rings is 2. The lowest BCUT2D eigenvalue weighted by atomic mass is 10.3. The molecule has 0 fully saturated rings. The Kier molecular flexibility index (Phi) is 4.79. The Morgan fingerprint density at radius 2 is 1.17 bits per heavy atom. The third kappa shape index (κ3) is 3.82. The van der Waals surface area contributed by atoms with E-state index in [4.69, 9.17) is 0 Å². The second kappa shape index (κ2) is 6.35. The molecule has 0 aliphatic carbocycles. The second-order valence-corrected chi connectivity index (χ2v) is 7.44. The van der Waals surface area contributed by atoms with Gasteiger partial charge in [-0.1, -0.05) is 43.3 Å². The highest BCUT2D eigenvalue weighted by Gasteiger charge is 2.25. The van der Waals surface area contributed by atoms with Crippen LogP contribution >= 0.6 is 23.5 Å². The maximum Gasteiger partial charge on any atom is 0.0705 e. The van der Waals surface area contributed by atoms with E-state index in [9.17, 15) is 0 Å². The first-order chi connectivity index (χ1) is 8.72. The predicted molar refractivity (Wildman–Crippen MR) is 83.0 cm³/mol. The smallest absolute Gasteiger partial charge is 0.0705 e. The molecule has 0 atom stereocenters. The van der Waals surface area contributed by atoms with Gasteiger partial charge in [-0.05, 0) is 37.6 Å². The SMILES string of the molecule is C[CH]C(C)(Sc1ccccc1)Sc1ccccc1. The van der Waals surface area contributed by atoms with Crippen LogP contribution in [-0.4, -0.2) is 4.08 Å². The van der Waals surface area contributed by atoms with Crippen LogP contribution in [0.15, 0.2) is 70.5 Å². The number of thioether (sulfide) groups is 2. The first-order valence-electron chi connectivity index (χ1n) is 6.00. The van der Waals surface area contributed by atoms with Gasteiger partial charge >= 0.3 is 0 Å². The van der Waals surface area contributed by atoms with Crippen LogP contribution < -0.4 is 0 Å². The Balaban J connectivity index is 2.11. The topological polar surface area (TPSA) is 0 Å². The van der Waals surface area contributed by atoms with Gasteiger partial charge in [-0.15, -0.1) is 23.5 Å². The van der Waals surface area contributed by atoms with Crippen molar-refractivity contribution in [2.45, 2.75) is 27.7 Å². The molecular weight excluding hydrogens is 256 g/mol. The van der Waals surface area contributed by atoms with Crippen LogP contribution in [0.25, 0.3) is 0 Å². The van der Waals surface area contributed by atoms with Crippen molar-refractivity contribution in [3.05, 3.63) is 67.1 Å². The second-order valence-electron chi connectivity index (χ2n) is 4.13. The molecule has 0 heterocycles. The van der Waals surface area contributed by atoms with Crippen LogP contribution in [0.5, 0.6) is 0 Å². The zero-order chi connectivity index (χ0) is 12.8. The van der Waals surface area contributed by atoms with E-state index >= 15 is 0 Å². The van der Waals surface area contributed by atoms with Crippen LogP contribution in [0.4, 0.5) is 0 Å². The van der Waals surface area contributed by atoms with Gasteiger partial charge in [-0.2, -0.15) is 0 Å². The van der Waals surface area contributed by atoms with Crippen molar-refractivity contribution < 1.29 is 0 Å². The fourth-order valence-electron chi connectivity index (χ4n) is 1.58. The molecule has 1 radical (unpaired) electrons. The summed E-state index contributed by atoms with van der Waals surface area (Å²) in [4.78, 5) is 2.61. The molecule has 0 aliphatic rings. The summed E-state index contributed by atoms with van der Waals surface area (Å²) >= 11 is 3.79. The van der Waals surface area contributed by atoms with Gasteiger partial charge in [0.2, 0.25) is 0 Å². The molecule has 18 heavy (non-hydrogen) atoms. The lowest BCUT2D eigenvalue weighted by Crippen LogP contribution is -2.13. The van der Waals surface area contributed by atoms with Crippen LogP contribution in [0.2, 0.25) is 0 Å². The number of rotatable bonds is 5. The average Bonchev–Trinajstić information content (AvgIpc) is 2.41. The van der Waals surface area contributed by atoms with E-state index in [0.29, 0.717) is 0 Å². The van der Waals surface area contributed by atoms with E-state index in [1.54, 1.807) is 0 Å². The molecule has 2 aromatic rings. The molecule has 0 saturated heterocycles. The molecule has 2 rings (SSSR count). The maximum absolute atomic E-state index is 2.27. The number of hydrogen-bond acceptors (Lipinski definition) is 2. The minimum Gasteiger partial charge on any atom is -0.108 e.